The highest BCUT2D eigenvalue weighted by atomic mass is 14.6. The van der Waals surface area contributed by atoms with E-state index in [0.29, 0.717) is 54.1 Å². The molecule has 398 valence electrons. The number of hydrogen-bond donors (Lipinski definition) is 0. The van der Waals surface area contributed by atoms with E-state index < -0.39 is 0 Å². The molecule has 0 nitrogen and oxygen atoms in total. The zero-order valence-corrected chi connectivity index (χ0v) is 52.2. The second kappa shape index (κ2) is 22.5. The summed E-state index contributed by atoms with van der Waals surface area (Å²) in [4.78, 5) is 0. The molecule has 0 aromatic heterocycles. The van der Waals surface area contributed by atoms with Crippen LogP contribution >= 0.6 is 0 Å². The maximum Gasteiger partial charge on any atom is -0.0205 e. The van der Waals surface area contributed by atoms with Gasteiger partial charge in [-0.05, 0) is 197 Å². The smallest absolute Gasteiger partial charge is 0.0205 e. The molecule has 12 atom stereocenters. The molecule has 2 bridgehead atoms. The van der Waals surface area contributed by atoms with Crippen LogP contribution in [0.1, 0.15) is 297 Å². The Morgan fingerprint density at radius 3 is 1.04 bits per heavy atom. The van der Waals surface area contributed by atoms with Crippen molar-refractivity contribution in [2.45, 2.75) is 297 Å². The number of fused-ring (bicyclic) bond motifs is 2. The molecule has 0 heterocycles. The van der Waals surface area contributed by atoms with Crippen LogP contribution in [-0.4, -0.2) is 0 Å². The first-order valence-electron chi connectivity index (χ1n) is 29.4. The molecular weight excluding hydrogens is 805 g/mol. The van der Waals surface area contributed by atoms with Crippen molar-refractivity contribution in [1.29, 1.82) is 0 Å². The van der Waals surface area contributed by atoms with Gasteiger partial charge in [0.1, 0.15) is 0 Å². The Labute approximate surface area is 426 Å². The first-order valence-corrected chi connectivity index (χ1v) is 29.4. The van der Waals surface area contributed by atoms with Gasteiger partial charge in [-0.15, -0.1) is 0 Å². The van der Waals surface area contributed by atoms with Gasteiger partial charge in [-0.2, -0.15) is 0 Å². The van der Waals surface area contributed by atoms with Crippen LogP contribution in [0.5, 0.6) is 0 Å². The Kier molecular flexibility index (Phi) is 21.1. The Morgan fingerprint density at radius 1 is 0.418 bits per heavy atom. The summed E-state index contributed by atoms with van der Waals surface area (Å²) in [5.41, 5.74) is 5.90. The monoisotopic (exact) mass is 935 g/mol. The van der Waals surface area contributed by atoms with E-state index in [1.165, 1.54) is 102 Å². The summed E-state index contributed by atoms with van der Waals surface area (Å²) in [5.74, 6) is 9.98. The molecule has 0 heteroatoms. The Hall–Kier alpha value is -0.260. The standard InChI is InChI=1S/C18H36.C18H34.C16H32.C15H28/c2*1-13(2)14-10-11-18(9,17(6,7)8)15(12-14)16(3,4)5;1-15(2,3)13-11-9-7-8-10-12-14(13)16(4,5)6;1-14(2,3)12-10-7-8-11(9-10)13(12)15(4,5)6/h13-15H,10-12H2,1-9H3;14-15H,1,10-12H2,2-9H3;13-14H,7-12H2,1-6H3;10-13H,7-9H2,1-6H3. The summed E-state index contributed by atoms with van der Waals surface area (Å²) in [5, 5.41) is 0. The normalized spacial score (nSPS) is 35.0. The highest BCUT2D eigenvalue weighted by Gasteiger charge is 2.56. The minimum Gasteiger partial charge on any atom is -0.0999 e. The van der Waals surface area contributed by atoms with E-state index in [9.17, 15) is 0 Å². The third-order valence-corrected chi connectivity index (χ3v) is 21.2. The van der Waals surface area contributed by atoms with E-state index >= 15 is 0 Å². The summed E-state index contributed by atoms with van der Waals surface area (Å²) in [6.45, 7) is 74.9. The Morgan fingerprint density at radius 2 is 0.761 bits per heavy atom. The quantitative estimate of drug-likeness (QED) is 0.242. The highest BCUT2D eigenvalue weighted by molar-refractivity contribution is 5.08. The summed E-state index contributed by atoms with van der Waals surface area (Å²) < 4.78 is 0. The van der Waals surface area contributed by atoms with Gasteiger partial charge >= 0.3 is 0 Å². The van der Waals surface area contributed by atoms with Gasteiger partial charge in [0, 0.05) is 0 Å². The van der Waals surface area contributed by atoms with Crippen LogP contribution in [0, 0.1) is 119 Å². The Bertz CT molecular complexity index is 1430. The molecule has 5 saturated carbocycles. The molecule has 0 spiro atoms. The molecule has 5 fully saturated rings. The first kappa shape index (κ1) is 62.9. The van der Waals surface area contributed by atoms with Gasteiger partial charge in [-0.3, -0.25) is 0 Å². The van der Waals surface area contributed by atoms with E-state index in [2.05, 4.69) is 207 Å². The summed E-state index contributed by atoms with van der Waals surface area (Å²) in [7, 11) is 0. The van der Waals surface area contributed by atoms with Gasteiger partial charge < -0.3 is 0 Å². The molecule has 5 aliphatic carbocycles. The van der Waals surface area contributed by atoms with Crippen molar-refractivity contribution in [2.75, 3.05) is 0 Å². The van der Waals surface area contributed by atoms with Gasteiger partial charge in [0.05, 0.1) is 0 Å². The van der Waals surface area contributed by atoms with E-state index in [-0.39, 0.29) is 0 Å². The average molecular weight is 936 g/mol. The predicted molar refractivity (Wildman–Crippen MR) is 306 cm³/mol. The van der Waals surface area contributed by atoms with Crippen LogP contribution in [0.15, 0.2) is 12.2 Å². The van der Waals surface area contributed by atoms with Gasteiger partial charge in [0.25, 0.3) is 0 Å². The minimum absolute atomic E-state index is 0.380. The van der Waals surface area contributed by atoms with Crippen molar-refractivity contribution in [3.8, 4) is 0 Å². The van der Waals surface area contributed by atoms with Gasteiger partial charge in [0.2, 0.25) is 0 Å². The average Bonchev–Trinajstić information content (AvgIpc) is 3.72. The molecule has 0 saturated heterocycles. The molecule has 5 aliphatic rings. The van der Waals surface area contributed by atoms with Crippen molar-refractivity contribution in [3.05, 3.63) is 12.2 Å². The van der Waals surface area contributed by atoms with Crippen LogP contribution in [0.4, 0.5) is 0 Å². The first-order chi connectivity index (χ1) is 29.7. The van der Waals surface area contributed by atoms with Crippen molar-refractivity contribution in [3.63, 3.8) is 0 Å². The molecule has 67 heavy (non-hydrogen) atoms. The SMILES string of the molecule is C=C(C)C1CCC(C)(C(C)(C)C)C(C(C)(C)C)C1.CC(C)(C)C1C2CCC(C2)C1C(C)(C)C.CC(C)(C)C1CCCCCCC1C(C)(C)C.CC(C)C1CCC(C)(C(C)(C)C)C(C(C)(C)C)C1. The summed E-state index contributed by atoms with van der Waals surface area (Å²) in [6, 6.07) is 0. The lowest BCUT2D eigenvalue weighted by molar-refractivity contribution is -0.0787. The van der Waals surface area contributed by atoms with Crippen LogP contribution in [-0.2, 0) is 0 Å². The zero-order valence-electron chi connectivity index (χ0n) is 52.2. The van der Waals surface area contributed by atoms with Crippen LogP contribution in [0.3, 0.4) is 0 Å². The number of rotatable bonds is 2. The third kappa shape index (κ3) is 16.4. The third-order valence-electron chi connectivity index (χ3n) is 21.2. The molecule has 0 aliphatic heterocycles. The molecule has 0 aromatic rings. The summed E-state index contributed by atoms with van der Waals surface area (Å²) in [6.07, 6.45) is 21.5. The summed E-state index contributed by atoms with van der Waals surface area (Å²) >= 11 is 0. The zero-order chi connectivity index (χ0) is 52.5. The molecule has 0 radical (unpaired) electrons. The van der Waals surface area contributed by atoms with E-state index in [0.717, 1.165) is 65.1 Å². The van der Waals surface area contributed by atoms with Crippen molar-refractivity contribution in [2.24, 2.45) is 119 Å². The van der Waals surface area contributed by atoms with E-state index in [4.69, 9.17) is 0 Å². The highest BCUT2D eigenvalue weighted by Crippen LogP contribution is 2.64. The fourth-order valence-electron chi connectivity index (χ4n) is 16.5. The van der Waals surface area contributed by atoms with Crippen LogP contribution < -0.4 is 0 Å². The number of hydrogen-bond acceptors (Lipinski definition) is 0. The molecule has 0 amide bonds. The van der Waals surface area contributed by atoms with Gasteiger partial charge in [-0.1, -0.05) is 232 Å². The molecular formula is C67H130. The second-order valence-electron chi connectivity index (χ2n) is 34.3. The molecule has 12 unspecified atom stereocenters. The van der Waals surface area contributed by atoms with E-state index in [1.807, 2.05) is 0 Å². The van der Waals surface area contributed by atoms with Crippen LogP contribution in [0.25, 0.3) is 0 Å². The molecule has 0 aromatic carbocycles. The fraction of sp³-hybridized carbons (Fsp3) is 0.970. The lowest BCUT2D eigenvalue weighted by atomic mass is 9.48. The second-order valence-corrected chi connectivity index (χ2v) is 34.3. The topological polar surface area (TPSA) is 0 Å². The number of allylic oxidation sites excluding steroid dienone is 1. The minimum atomic E-state index is 0.380. The van der Waals surface area contributed by atoms with Gasteiger partial charge in [-0.25, -0.2) is 0 Å². The lowest BCUT2D eigenvalue weighted by Crippen LogP contribution is -2.49. The largest absolute Gasteiger partial charge is 0.0999 e. The van der Waals surface area contributed by atoms with Crippen molar-refractivity contribution < 1.29 is 0 Å². The van der Waals surface area contributed by atoms with Crippen molar-refractivity contribution >= 4 is 0 Å². The fourth-order valence-corrected chi connectivity index (χ4v) is 16.5. The Balaban J connectivity index is 0.000000307. The molecule has 0 N–H and O–H groups in total. The van der Waals surface area contributed by atoms with Crippen molar-refractivity contribution in [1.82, 2.24) is 0 Å². The predicted octanol–water partition coefficient (Wildman–Crippen LogP) is 22.6. The lowest BCUT2D eigenvalue weighted by Gasteiger charge is -2.57. The molecule has 5 rings (SSSR count). The maximum absolute atomic E-state index is 4.21. The van der Waals surface area contributed by atoms with Gasteiger partial charge in [0.15, 0.2) is 0 Å². The maximum atomic E-state index is 4.21. The van der Waals surface area contributed by atoms with Crippen LogP contribution in [0.2, 0.25) is 0 Å². The van der Waals surface area contributed by atoms with E-state index in [1.54, 1.807) is 0 Å².